The molecule has 0 bridgehead atoms. The van der Waals surface area contributed by atoms with E-state index < -0.39 is 0 Å². The van der Waals surface area contributed by atoms with Crippen molar-refractivity contribution in [1.29, 1.82) is 0 Å². The van der Waals surface area contributed by atoms with E-state index in [1.807, 2.05) is 42.8 Å². The van der Waals surface area contributed by atoms with Crippen LogP contribution in [0.25, 0.3) is 5.82 Å². The third kappa shape index (κ3) is 3.85. The van der Waals surface area contributed by atoms with Crippen molar-refractivity contribution in [2.24, 2.45) is 5.92 Å². The highest BCUT2D eigenvalue weighted by Crippen LogP contribution is 2.24. The maximum absolute atomic E-state index is 12.7. The lowest BCUT2D eigenvalue weighted by molar-refractivity contribution is -0.120. The fourth-order valence-corrected chi connectivity index (χ4v) is 3.57. The topological polar surface area (TPSA) is 88.8 Å². The van der Waals surface area contributed by atoms with Gasteiger partial charge in [-0.1, -0.05) is 0 Å². The number of rotatable bonds is 4. The van der Waals surface area contributed by atoms with Crippen molar-refractivity contribution in [3.05, 3.63) is 54.4 Å². The maximum Gasteiger partial charge on any atom is 0.229 e. The number of amides is 1. The van der Waals surface area contributed by atoms with Crippen molar-refractivity contribution in [3.63, 3.8) is 0 Å². The predicted octanol–water partition coefficient (Wildman–Crippen LogP) is 2.53. The predicted molar refractivity (Wildman–Crippen MR) is 106 cm³/mol. The third-order valence-corrected chi connectivity index (χ3v) is 4.91. The molecular formula is C20H23N7O. The number of hydrogen-bond donors (Lipinski definition) is 1. The average Bonchev–Trinajstić information content (AvgIpc) is 3.07. The molecule has 1 aliphatic heterocycles. The summed E-state index contributed by atoms with van der Waals surface area (Å²) in [7, 11) is 0. The number of anilines is 2. The number of carbonyl (C=O) groups is 1. The molecule has 0 spiro atoms. The summed E-state index contributed by atoms with van der Waals surface area (Å²) in [6, 6.07) is 7.60. The van der Waals surface area contributed by atoms with Crippen molar-refractivity contribution in [1.82, 2.24) is 24.7 Å². The molecule has 8 nitrogen and oxygen atoms in total. The summed E-state index contributed by atoms with van der Waals surface area (Å²) >= 11 is 0. The molecule has 28 heavy (non-hydrogen) atoms. The minimum Gasteiger partial charge on any atom is -0.356 e. The van der Waals surface area contributed by atoms with Gasteiger partial charge in [-0.3, -0.25) is 9.78 Å². The molecule has 1 amide bonds. The Morgan fingerprint density at radius 1 is 1.21 bits per heavy atom. The molecule has 0 aliphatic carbocycles. The molecule has 1 atom stereocenters. The molecule has 0 radical (unpaired) electrons. The Kier molecular flexibility index (Phi) is 5.01. The fourth-order valence-electron chi connectivity index (χ4n) is 3.57. The summed E-state index contributed by atoms with van der Waals surface area (Å²) in [6.45, 7) is 5.45. The Bertz CT molecular complexity index is 970. The molecule has 3 aromatic rings. The molecule has 0 saturated carbocycles. The lowest BCUT2D eigenvalue weighted by atomic mass is 9.97. The Labute approximate surface area is 163 Å². The first-order valence-corrected chi connectivity index (χ1v) is 9.41. The van der Waals surface area contributed by atoms with E-state index in [1.165, 1.54) is 0 Å². The van der Waals surface area contributed by atoms with Gasteiger partial charge < -0.3 is 10.2 Å². The van der Waals surface area contributed by atoms with Gasteiger partial charge in [-0.2, -0.15) is 5.10 Å². The van der Waals surface area contributed by atoms with Crippen LogP contribution in [0.5, 0.6) is 0 Å². The van der Waals surface area contributed by atoms with Gasteiger partial charge >= 0.3 is 0 Å². The Morgan fingerprint density at radius 2 is 2.07 bits per heavy atom. The molecule has 8 heteroatoms. The molecule has 4 rings (SSSR count). The zero-order valence-electron chi connectivity index (χ0n) is 16.0. The smallest absolute Gasteiger partial charge is 0.229 e. The van der Waals surface area contributed by atoms with E-state index in [2.05, 4.69) is 30.3 Å². The molecule has 144 valence electrons. The van der Waals surface area contributed by atoms with Gasteiger partial charge in [0.15, 0.2) is 5.82 Å². The van der Waals surface area contributed by atoms with Gasteiger partial charge in [-0.25, -0.2) is 14.6 Å². The number of nitrogens with one attached hydrogen (secondary N) is 1. The van der Waals surface area contributed by atoms with Crippen LogP contribution in [0.2, 0.25) is 0 Å². The second-order valence-electron chi connectivity index (χ2n) is 7.09. The standard InChI is InChI=1S/C20H23N7O/c1-14-9-15(2)27(25-14)19-10-18(22-13-23-19)26-8-4-5-16(12-26)20(28)24-17-6-3-7-21-11-17/h3,6-7,9-11,13,16H,4-5,8,12H2,1-2H3,(H,24,28)/t16-/m0/s1. The first-order chi connectivity index (χ1) is 13.6. The van der Waals surface area contributed by atoms with E-state index in [0.717, 1.165) is 48.1 Å². The highest BCUT2D eigenvalue weighted by Gasteiger charge is 2.27. The van der Waals surface area contributed by atoms with Crippen molar-refractivity contribution in [2.75, 3.05) is 23.3 Å². The Balaban J connectivity index is 1.49. The first-order valence-electron chi connectivity index (χ1n) is 9.41. The van der Waals surface area contributed by atoms with Crippen LogP contribution in [-0.4, -0.2) is 43.7 Å². The van der Waals surface area contributed by atoms with Crippen molar-refractivity contribution in [2.45, 2.75) is 26.7 Å². The summed E-state index contributed by atoms with van der Waals surface area (Å²) in [5.41, 5.74) is 2.69. The number of carbonyl (C=O) groups excluding carboxylic acids is 1. The van der Waals surface area contributed by atoms with E-state index in [-0.39, 0.29) is 11.8 Å². The van der Waals surface area contributed by atoms with Crippen molar-refractivity contribution in [3.8, 4) is 5.82 Å². The van der Waals surface area contributed by atoms with Gasteiger partial charge in [-0.15, -0.1) is 0 Å². The number of pyridine rings is 1. The molecule has 3 aromatic heterocycles. The summed E-state index contributed by atoms with van der Waals surface area (Å²) < 4.78 is 1.82. The van der Waals surface area contributed by atoms with Gasteiger partial charge in [-0.05, 0) is 44.9 Å². The van der Waals surface area contributed by atoms with Crippen LogP contribution in [0.4, 0.5) is 11.5 Å². The molecule has 4 heterocycles. The second-order valence-corrected chi connectivity index (χ2v) is 7.09. The van der Waals surface area contributed by atoms with Gasteiger partial charge in [0.1, 0.15) is 12.1 Å². The number of aryl methyl sites for hydroxylation is 2. The molecule has 1 aliphatic rings. The van der Waals surface area contributed by atoms with E-state index >= 15 is 0 Å². The van der Waals surface area contributed by atoms with Crippen LogP contribution in [0.15, 0.2) is 43.0 Å². The number of aromatic nitrogens is 5. The maximum atomic E-state index is 12.7. The fraction of sp³-hybridized carbons (Fsp3) is 0.350. The van der Waals surface area contributed by atoms with E-state index in [1.54, 1.807) is 18.7 Å². The summed E-state index contributed by atoms with van der Waals surface area (Å²) in [5.74, 6) is 1.47. The third-order valence-electron chi connectivity index (χ3n) is 4.91. The van der Waals surface area contributed by atoms with Crippen LogP contribution in [0, 0.1) is 19.8 Å². The van der Waals surface area contributed by atoms with Crippen LogP contribution >= 0.6 is 0 Å². The van der Waals surface area contributed by atoms with Gasteiger partial charge in [0, 0.05) is 31.0 Å². The molecule has 1 saturated heterocycles. The van der Waals surface area contributed by atoms with Gasteiger partial charge in [0.2, 0.25) is 5.91 Å². The minimum absolute atomic E-state index is 0.0190. The van der Waals surface area contributed by atoms with Crippen molar-refractivity contribution < 1.29 is 4.79 Å². The van der Waals surface area contributed by atoms with E-state index in [4.69, 9.17) is 0 Å². The lowest BCUT2D eigenvalue weighted by Crippen LogP contribution is -2.41. The monoisotopic (exact) mass is 377 g/mol. The Hall–Kier alpha value is -3.29. The molecule has 1 fully saturated rings. The normalized spacial score (nSPS) is 16.8. The first kappa shape index (κ1) is 18.1. The van der Waals surface area contributed by atoms with Crippen LogP contribution in [0.3, 0.4) is 0 Å². The van der Waals surface area contributed by atoms with Crippen molar-refractivity contribution >= 4 is 17.4 Å². The quantitative estimate of drug-likeness (QED) is 0.752. The van der Waals surface area contributed by atoms with Crippen LogP contribution < -0.4 is 10.2 Å². The molecular weight excluding hydrogens is 354 g/mol. The van der Waals surface area contributed by atoms with E-state index in [0.29, 0.717) is 6.54 Å². The molecule has 1 N–H and O–H groups in total. The summed E-state index contributed by atoms with van der Waals surface area (Å²) in [5, 5.41) is 7.45. The number of hydrogen-bond acceptors (Lipinski definition) is 6. The Morgan fingerprint density at radius 3 is 2.82 bits per heavy atom. The summed E-state index contributed by atoms with van der Waals surface area (Å²) in [4.78, 5) is 27.7. The van der Waals surface area contributed by atoms with Crippen LogP contribution in [-0.2, 0) is 4.79 Å². The number of nitrogens with zero attached hydrogens (tertiary/aromatic N) is 6. The lowest BCUT2D eigenvalue weighted by Gasteiger charge is -2.32. The second kappa shape index (κ2) is 7.75. The zero-order chi connectivity index (χ0) is 19.5. The average molecular weight is 377 g/mol. The minimum atomic E-state index is -0.0962. The van der Waals surface area contributed by atoms with Gasteiger partial charge in [0.25, 0.3) is 0 Å². The van der Waals surface area contributed by atoms with E-state index in [9.17, 15) is 4.79 Å². The van der Waals surface area contributed by atoms with Crippen LogP contribution in [0.1, 0.15) is 24.2 Å². The zero-order valence-corrected chi connectivity index (χ0v) is 16.0. The largest absolute Gasteiger partial charge is 0.356 e. The SMILES string of the molecule is Cc1cc(C)n(-c2cc(N3CCC[C@H](C(=O)Nc4cccnc4)C3)ncn2)n1. The summed E-state index contributed by atoms with van der Waals surface area (Å²) in [6.07, 6.45) is 6.69. The highest BCUT2D eigenvalue weighted by atomic mass is 16.1. The molecule has 0 unspecified atom stereocenters. The molecule has 0 aromatic carbocycles. The van der Waals surface area contributed by atoms with Gasteiger partial charge in [0.05, 0.1) is 23.5 Å². The number of piperidine rings is 1. The highest BCUT2D eigenvalue weighted by molar-refractivity contribution is 5.92.